The van der Waals surface area contributed by atoms with Gasteiger partial charge in [-0.1, -0.05) is 49.4 Å². The van der Waals surface area contributed by atoms with E-state index in [0.29, 0.717) is 18.9 Å². The number of hydrogen-bond donors (Lipinski definition) is 1. The van der Waals surface area contributed by atoms with Gasteiger partial charge in [-0.3, -0.25) is 4.79 Å². The van der Waals surface area contributed by atoms with E-state index in [1.807, 2.05) is 30.3 Å². The van der Waals surface area contributed by atoms with E-state index in [4.69, 9.17) is 4.74 Å². The molecule has 1 unspecified atom stereocenters. The Hall–Kier alpha value is -1.61. The standard InChI is InChI=1S/C17H23NO2/c1-14-8-4-2-7-11-17(19)18-16(13-20-12-14)15-9-5-3-6-10-15/h2-6,9-10,14,16H,7-8,11-13H2,1H3,(H,18,19)/b4-2+/t14?,16-/m0/s1. The van der Waals surface area contributed by atoms with Gasteiger partial charge in [0, 0.05) is 13.0 Å². The second-order valence-corrected chi connectivity index (χ2v) is 5.42. The molecule has 0 aliphatic carbocycles. The van der Waals surface area contributed by atoms with Crippen molar-refractivity contribution >= 4 is 5.91 Å². The van der Waals surface area contributed by atoms with Gasteiger partial charge in [-0.05, 0) is 24.3 Å². The van der Waals surface area contributed by atoms with Crippen LogP contribution in [-0.4, -0.2) is 19.1 Å². The molecule has 0 spiro atoms. The maximum Gasteiger partial charge on any atom is 0.220 e. The van der Waals surface area contributed by atoms with Crippen molar-refractivity contribution in [1.82, 2.24) is 5.32 Å². The number of hydrogen-bond acceptors (Lipinski definition) is 2. The molecule has 1 aromatic carbocycles. The average Bonchev–Trinajstić information content (AvgIpc) is 2.45. The largest absolute Gasteiger partial charge is 0.379 e. The van der Waals surface area contributed by atoms with Crippen LogP contribution in [0.25, 0.3) is 0 Å². The summed E-state index contributed by atoms with van der Waals surface area (Å²) in [7, 11) is 0. The Labute approximate surface area is 121 Å². The zero-order chi connectivity index (χ0) is 14.2. The molecule has 1 N–H and O–H groups in total. The van der Waals surface area contributed by atoms with E-state index in [2.05, 4.69) is 24.4 Å². The van der Waals surface area contributed by atoms with Crippen molar-refractivity contribution in [3.8, 4) is 0 Å². The third kappa shape index (κ3) is 4.82. The molecule has 0 radical (unpaired) electrons. The average molecular weight is 273 g/mol. The molecule has 108 valence electrons. The fraction of sp³-hybridized carbons (Fsp3) is 0.471. The molecule has 0 saturated carbocycles. The number of carbonyl (C=O) groups is 1. The number of benzene rings is 1. The molecule has 1 aliphatic rings. The Morgan fingerprint density at radius 3 is 2.75 bits per heavy atom. The van der Waals surface area contributed by atoms with Gasteiger partial charge in [0.05, 0.1) is 12.6 Å². The third-order valence-electron chi connectivity index (χ3n) is 3.47. The molecule has 3 nitrogen and oxygen atoms in total. The molecule has 2 atom stereocenters. The molecule has 20 heavy (non-hydrogen) atoms. The van der Waals surface area contributed by atoms with Crippen molar-refractivity contribution in [3.63, 3.8) is 0 Å². The van der Waals surface area contributed by atoms with E-state index >= 15 is 0 Å². The molecule has 1 heterocycles. The van der Waals surface area contributed by atoms with Crippen LogP contribution in [0.5, 0.6) is 0 Å². The molecule has 2 rings (SSSR count). The molecule has 0 bridgehead atoms. The van der Waals surface area contributed by atoms with E-state index < -0.39 is 0 Å². The first-order valence-corrected chi connectivity index (χ1v) is 7.32. The van der Waals surface area contributed by atoms with Gasteiger partial charge in [0.2, 0.25) is 5.91 Å². The molecule has 1 amide bonds. The molecular formula is C17H23NO2. The maximum atomic E-state index is 11.9. The topological polar surface area (TPSA) is 38.3 Å². The number of amides is 1. The Balaban J connectivity index is 2.05. The van der Waals surface area contributed by atoms with Crippen molar-refractivity contribution in [1.29, 1.82) is 0 Å². The minimum Gasteiger partial charge on any atom is -0.379 e. The molecule has 0 fully saturated rings. The van der Waals surface area contributed by atoms with Crippen LogP contribution in [0.2, 0.25) is 0 Å². The highest BCUT2D eigenvalue weighted by Gasteiger charge is 2.15. The van der Waals surface area contributed by atoms with E-state index in [1.165, 1.54) is 0 Å². The van der Waals surface area contributed by atoms with Crippen LogP contribution in [0.1, 0.15) is 37.8 Å². The molecule has 0 aromatic heterocycles. The first-order valence-electron chi connectivity index (χ1n) is 7.32. The van der Waals surface area contributed by atoms with Gasteiger partial charge in [0.15, 0.2) is 0 Å². The van der Waals surface area contributed by atoms with Crippen molar-refractivity contribution in [2.45, 2.75) is 32.2 Å². The summed E-state index contributed by atoms with van der Waals surface area (Å²) in [5.74, 6) is 0.596. The summed E-state index contributed by atoms with van der Waals surface area (Å²) in [5, 5.41) is 3.07. The van der Waals surface area contributed by atoms with Crippen molar-refractivity contribution in [2.75, 3.05) is 13.2 Å². The number of nitrogens with one attached hydrogen (secondary N) is 1. The molecule has 1 aliphatic heterocycles. The van der Waals surface area contributed by atoms with E-state index in [-0.39, 0.29) is 11.9 Å². The van der Waals surface area contributed by atoms with Crippen molar-refractivity contribution in [2.24, 2.45) is 5.92 Å². The monoisotopic (exact) mass is 273 g/mol. The summed E-state index contributed by atoms with van der Waals surface area (Å²) >= 11 is 0. The second-order valence-electron chi connectivity index (χ2n) is 5.42. The normalized spacial score (nSPS) is 26.9. The predicted molar refractivity (Wildman–Crippen MR) is 80.3 cm³/mol. The predicted octanol–water partition coefficient (Wildman–Crippen LogP) is 3.24. The molecule has 0 saturated heterocycles. The fourth-order valence-electron chi connectivity index (χ4n) is 2.29. The molecule has 1 aromatic rings. The first-order chi connectivity index (χ1) is 9.75. The van der Waals surface area contributed by atoms with Crippen molar-refractivity contribution in [3.05, 3.63) is 48.0 Å². The van der Waals surface area contributed by atoms with Gasteiger partial charge < -0.3 is 10.1 Å². The Kier molecular flexibility index (Phi) is 5.81. The molecular weight excluding hydrogens is 250 g/mol. The van der Waals surface area contributed by atoms with Crippen LogP contribution < -0.4 is 5.32 Å². The van der Waals surface area contributed by atoms with E-state index in [9.17, 15) is 4.79 Å². The summed E-state index contributed by atoms with van der Waals surface area (Å²) in [5.41, 5.74) is 1.10. The van der Waals surface area contributed by atoms with E-state index in [1.54, 1.807) is 0 Å². The van der Waals surface area contributed by atoms with E-state index in [0.717, 1.165) is 25.0 Å². The quantitative estimate of drug-likeness (QED) is 0.798. The summed E-state index contributed by atoms with van der Waals surface area (Å²) in [6.45, 7) is 3.44. The van der Waals surface area contributed by atoms with Crippen LogP contribution in [0.15, 0.2) is 42.5 Å². The maximum absolute atomic E-state index is 11.9. The fourth-order valence-corrected chi connectivity index (χ4v) is 2.29. The van der Waals surface area contributed by atoms with Crippen LogP contribution in [-0.2, 0) is 9.53 Å². The lowest BCUT2D eigenvalue weighted by Gasteiger charge is -2.21. The second kappa shape index (κ2) is 7.85. The Bertz CT molecular complexity index is 442. The SMILES string of the molecule is CC1C/C=C/CCC(=O)N[C@H](c2ccccc2)COC1. The smallest absolute Gasteiger partial charge is 0.220 e. The highest BCUT2D eigenvalue weighted by molar-refractivity contribution is 5.76. The summed E-state index contributed by atoms with van der Waals surface area (Å²) in [6, 6.07) is 9.97. The number of rotatable bonds is 1. The Morgan fingerprint density at radius 1 is 1.15 bits per heavy atom. The van der Waals surface area contributed by atoms with Crippen LogP contribution >= 0.6 is 0 Å². The number of allylic oxidation sites excluding steroid dienone is 2. The van der Waals surface area contributed by atoms with Crippen LogP contribution in [0.3, 0.4) is 0 Å². The molecule has 3 heteroatoms. The highest BCUT2D eigenvalue weighted by atomic mass is 16.5. The van der Waals surface area contributed by atoms with Crippen LogP contribution in [0.4, 0.5) is 0 Å². The summed E-state index contributed by atoms with van der Waals surface area (Å²) in [4.78, 5) is 11.9. The lowest BCUT2D eigenvalue weighted by atomic mass is 10.1. The minimum absolute atomic E-state index is 0.0562. The number of carbonyl (C=O) groups excluding carboxylic acids is 1. The Morgan fingerprint density at radius 2 is 1.95 bits per heavy atom. The van der Waals surface area contributed by atoms with Gasteiger partial charge in [0.1, 0.15) is 0 Å². The zero-order valence-electron chi connectivity index (χ0n) is 12.0. The van der Waals surface area contributed by atoms with Gasteiger partial charge in [-0.15, -0.1) is 0 Å². The minimum atomic E-state index is -0.0562. The first kappa shape index (κ1) is 14.8. The zero-order valence-corrected chi connectivity index (χ0v) is 12.0. The summed E-state index contributed by atoms with van der Waals surface area (Å²) in [6.07, 6.45) is 6.60. The lowest BCUT2D eigenvalue weighted by molar-refractivity contribution is -0.122. The summed E-state index contributed by atoms with van der Waals surface area (Å²) < 4.78 is 5.79. The highest BCUT2D eigenvalue weighted by Crippen LogP contribution is 2.15. The van der Waals surface area contributed by atoms with Gasteiger partial charge in [-0.25, -0.2) is 0 Å². The van der Waals surface area contributed by atoms with Crippen LogP contribution in [0, 0.1) is 5.92 Å². The number of ether oxygens (including phenoxy) is 1. The van der Waals surface area contributed by atoms with Crippen molar-refractivity contribution < 1.29 is 9.53 Å². The lowest BCUT2D eigenvalue weighted by Crippen LogP contribution is -2.31. The van der Waals surface area contributed by atoms with Gasteiger partial charge in [0.25, 0.3) is 0 Å². The van der Waals surface area contributed by atoms with Gasteiger partial charge in [-0.2, -0.15) is 0 Å². The van der Waals surface area contributed by atoms with Gasteiger partial charge >= 0.3 is 0 Å². The third-order valence-corrected chi connectivity index (χ3v) is 3.47.